The van der Waals surface area contributed by atoms with Crippen LogP contribution in [0.15, 0.2) is 30.3 Å². The zero-order valence-corrected chi connectivity index (χ0v) is 11.9. The molecule has 6 nitrogen and oxygen atoms in total. The number of carbonyl (C=O) groups is 1. The van der Waals surface area contributed by atoms with Crippen LogP contribution in [-0.2, 0) is 14.8 Å². The van der Waals surface area contributed by atoms with Crippen LogP contribution in [-0.4, -0.2) is 44.7 Å². The highest BCUT2D eigenvalue weighted by Crippen LogP contribution is 2.18. The molecule has 0 aliphatic carbocycles. The van der Waals surface area contributed by atoms with Gasteiger partial charge >= 0.3 is 0 Å². The van der Waals surface area contributed by atoms with Gasteiger partial charge in [0.2, 0.25) is 15.9 Å². The van der Waals surface area contributed by atoms with Crippen molar-refractivity contribution in [1.82, 2.24) is 4.90 Å². The van der Waals surface area contributed by atoms with E-state index in [1.54, 1.807) is 4.90 Å². The number of carbonyl (C=O) groups excluding carboxylic acids is 1. The molecule has 1 aromatic carbocycles. The van der Waals surface area contributed by atoms with Crippen molar-refractivity contribution in [2.75, 3.05) is 25.4 Å². The first kappa shape index (κ1) is 14.8. The third-order valence-corrected chi connectivity index (χ3v) is 4.07. The van der Waals surface area contributed by atoms with E-state index in [-0.39, 0.29) is 24.0 Å². The molecule has 1 saturated heterocycles. The summed E-state index contributed by atoms with van der Waals surface area (Å²) in [5.74, 6) is 0.346. The number of nitrogens with zero attached hydrogens (tertiary/aromatic N) is 1. The van der Waals surface area contributed by atoms with E-state index in [1.165, 1.54) is 0 Å². The van der Waals surface area contributed by atoms with Crippen LogP contribution in [0.5, 0.6) is 5.75 Å². The SMILES string of the molecule is NS(=O)(=O)CC1CC(=O)N(CCOc2ccccc2)C1. The van der Waals surface area contributed by atoms with Gasteiger partial charge < -0.3 is 9.64 Å². The van der Waals surface area contributed by atoms with Crippen molar-refractivity contribution in [2.24, 2.45) is 11.1 Å². The number of primary sulfonamides is 1. The molecule has 7 heteroatoms. The normalized spacial score (nSPS) is 19.4. The van der Waals surface area contributed by atoms with Gasteiger partial charge in [0, 0.05) is 18.9 Å². The third kappa shape index (κ3) is 4.50. The molecule has 1 aromatic rings. The zero-order valence-electron chi connectivity index (χ0n) is 11.1. The van der Waals surface area contributed by atoms with E-state index in [0.29, 0.717) is 19.7 Å². The molecule has 2 N–H and O–H groups in total. The first-order chi connectivity index (χ1) is 9.44. The average Bonchev–Trinajstić information content (AvgIpc) is 2.68. The first-order valence-corrected chi connectivity index (χ1v) is 8.12. The number of nitrogens with two attached hydrogens (primary N) is 1. The molecule has 1 fully saturated rings. The van der Waals surface area contributed by atoms with Gasteiger partial charge in [0.25, 0.3) is 0 Å². The van der Waals surface area contributed by atoms with E-state index in [0.717, 1.165) is 5.75 Å². The van der Waals surface area contributed by atoms with Crippen LogP contribution >= 0.6 is 0 Å². The Morgan fingerprint density at radius 2 is 2.00 bits per heavy atom. The number of likely N-dealkylation sites (tertiary alicyclic amines) is 1. The van der Waals surface area contributed by atoms with Crippen LogP contribution in [0.2, 0.25) is 0 Å². The Kier molecular flexibility index (Phi) is 4.61. The number of ether oxygens (including phenoxy) is 1. The summed E-state index contributed by atoms with van der Waals surface area (Å²) in [5.41, 5.74) is 0. The number of rotatable bonds is 6. The Hall–Kier alpha value is -1.60. The molecule has 0 bridgehead atoms. The Morgan fingerprint density at radius 3 is 2.65 bits per heavy atom. The molecule has 1 unspecified atom stereocenters. The van der Waals surface area contributed by atoms with Gasteiger partial charge in [-0.25, -0.2) is 13.6 Å². The third-order valence-electron chi connectivity index (χ3n) is 3.14. The molecule has 2 rings (SSSR count). The number of amides is 1. The van der Waals surface area contributed by atoms with Gasteiger partial charge in [-0.2, -0.15) is 0 Å². The fourth-order valence-electron chi connectivity index (χ4n) is 2.30. The van der Waals surface area contributed by atoms with Gasteiger partial charge in [0.05, 0.1) is 12.3 Å². The summed E-state index contributed by atoms with van der Waals surface area (Å²) in [6, 6.07) is 9.33. The summed E-state index contributed by atoms with van der Waals surface area (Å²) >= 11 is 0. The van der Waals surface area contributed by atoms with E-state index in [1.807, 2.05) is 30.3 Å². The standard InChI is InChI=1S/C13H18N2O4S/c14-20(17,18)10-11-8-13(16)15(9-11)6-7-19-12-4-2-1-3-5-12/h1-5,11H,6-10H2,(H2,14,17,18). The van der Waals surface area contributed by atoms with Gasteiger partial charge in [-0.1, -0.05) is 18.2 Å². The second-order valence-corrected chi connectivity index (χ2v) is 6.56. The Balaban J connectivity index is 1.78. The molecular weight excluding hydrogens is 280 g/mol. The van der Waals surface area contributed by atoms with Crippen molar-refractivity contribution in [3.05, 3.63) is 30.3 Å². The summed E-state index contributed by atoms with van der Waals surface area (Å²) in [4.78, 5) is 13.4. The minimum atomic E-state index is -3.53. The first-order valence-electron chi connectivity index (χ1n) is 6.40. The zero-order chi connectivity index (χ0) is 14.6. The van der Waals surface area contributed by atoms with Crippen molar-refractivity contribution >= 4 is 15.9 Å². The predicted octanol–water partition coefficient (Wildman–Crippen LogP) is 0.202. The molecule has 110 valence electrons. The molecule has 1 amide bonds. The van der Waals surface area contributed by atoms with Crippen molar-refractivity contribution < 1.29 is 17.9 Å². The number of sulfonamides is 1. The maximum atomic E-state index is 11.7. The summed E-state index contributed by atoms with van der Waals surface area (Å²) < 4.78 is 27.6. The maximum absolute atomic E-state index is 11.7. The number of hydrogen-bond acceptors (Lipinski definition) is 4. The summed E-state index contributed by atoms with van der Waals surface area (Å²) in [5, 5.41) is 5.00. The molecule has 0 saturated carbocycles. The predicted molar refractivity (Wildman–Crippen MR) is 74.6 cm³/mol. The van der Waals surface area contributed by atoms with Crippen molar-refractivity contribution in [1.29, 1.82) is 0 Å². The minimum Gasteiger partial charge on any atom is -0.492 e. The summed E-state index contributed by atoms with van der Waals surface area (Å²) in [6.45, 7) is 1.26. The van der Waals surface area contributed by atoms with Crippen LogP contribution < -0.4 is 9.88 Å². The Bertz CT molecular complexity index is 559. The molecule has 0 radical (unpaired) electrons. The molecule has 1 heterocycles. The molecule has 0 spiro atoms. The second kappa shape index (κ2) is 6.23. The summed E-state index contributed by atoms with van der Waals surface area (Å²) in [6.07, 6.45) is 0.238. The van der Waals surface area contributed by atoms with Crippen molar-refractivity contribution in [2.45, 2.75) is 6.42 Å². The van der Waals surface area contributed by atoms with Gasteiger partial charge in [0.1, 0.15) is 12.4 Å². The number of para-hydroxylation sites is 1. The lowest BCUT2D eigenvalue weighted by molar-refractivity contribution is -0.128. The lowest BCUT2D eigenvalue weighted by atomic mass is 10.1. The van der Waals surface area contributed by atoms with Crippen LogP contribution in [0.1, 0.15) is 6.42 Å². The van der Waals surface area contributed by atoms with Gasteiger partial charge in [0.15, 0.2) is 0 Å². The number of hydrogen-bond donors (Lipinski definition) is 1. The van der Waals surface area contributed by atoms with Gasteiger partial charge in [-0.15, -0.1) is 0 Å². The van der Waals surface area contributed by atoms with Crippen LogP contribution in [0, 0.1) is 5.92 Å². The maximum Gasteiger partial charge on any atom is 0.223 e. The molecule has 20 heavy (non-hydrogen) atoms. The van der Waals surface area contributed by atoms with E-state index in [9.17, 15) is 13.2 Å². The molecular formula is C13H18N2O4S. The van der Waals surface area contributed by atoms with Crippen molar-refractivity contribution in [3.8, 4) is 5.75 Å². The quantitative estimate of drug-likeness (QED) is 0.812. The van der Waals surface area contributed by atoms with E-state index >= 15 is 0 Å². The number of benzene rings is 1. The monoisotopic (exact) mass is 298 g/mol. The van der Waals surface area contributed by atoms with Crippen LogP contribution in [0.3, 0.4) is 0 Å². The van der Waals surface area contributed by atoms with E-state index in [4.69, 9.17) is 9.88 Å². The highest BCUT2D eigenvalue weighted by Gasteiger charge is 2.31. The average molecular weight is 298 g/mol. The van der Waals surface area contributed by atoms with Gasteiger partial charge in [-0.3, -0.25) is 4.79 Å². The molecule has 0 aromatic heterocycles. The smallest absolute Gasteiger partial charge is 0.223 e. The van der Waals surface area contributed by atoms with E-state index < -0.39 is 10.0 Å². The fourth-order valence-corrected chi connectivity index (χ4v) is 3.18. The molecule has 1 atom stereocenters. The minimum absolute atomic E-state index is 0.0460. The largest absolute Gasteiger partial charge is 0.492 e. The highest BCUT2D eigenvalue weighted by molar-refractivity contribution is 7.89. The molecule has 1 aliphatic heterocycles. The Labute approximate surface area is 118 Å². The second-order valence-electron chi connectivity index (χ2n) is 4.90. The van der Waals surface area contributed by atoms with Crippen LogP contribution in [0.4, 0.5) is 0 Å². The topological polar surface area (TPSA) is 89.7 Å². The van der Waals surface area contributed by atoms with Gasteiger partial charge in [-0.05, 0) is 12.1 Å². The summed E-state index contributed by atoms with van der Waals surface area (Å²) in [7, 11) is -3.53. The fraction of sp³-hybridized carbons (Fsp3) is 0.462. The highest BCUT2D eigenvalue weighted by atomic mass is 32.2. The Morgan fingerprint density at radius 1 is 1.30 bits per heavy atom. The lowest BCUT2D eigenvalue weighted by Gasteiger charge is -2.16. The van der Waals surface area contributed by atoms with Crippen molar-refractivity contribution in [3.63, 3.8) is 0 Å². The van der Waals surface area contributed by atoms with E-state index in [2.05, 4.69) is 0 Å². The lowest BCUT2D eigenvalue weighted by Crippen LogP contribution is -2.31. The van der Waals surface area contributed by atoms with Crippen LogP contribution in [0.25, 0.3) is 0 Å². The molecule has 1 aliphatic rings.